The fraction of sp³-hybridized carbons (Fsp3) is 0.333. The molecule has 1 aromatic carbocycles. The Kier molecular flexibility index (Phi) is 3.43. The Morgan fingerprint density at radius 3 is 3.00 bits per heavy atom. The maximum Gasteiger partial charge on any atom is 0.0299 e. The number of hydrogen-bond acceptors (Lipinski definition) is 2. The SMILES string of the molecule is NCCc1cccn1CC1CSc2ccccc21. The molecule has 3 rings (SSSR count). The summed E-state index contributed by atoms with van der Waals surface area (Å²) in [5.41, 5.74) is 8.52. The molecule has 3 heteroatoms. The van der Waals surface area contributed by atoms with E-state index in [4.69, 9.17) is 5.73 Å². The van der Waals surface area contributed by atoms with Gasteiger partial charge in [0.2, 0.25) is 0 Å². The van der Waals surface area contributed by atoms with Crippen molar-refractivity contribution in [2.45, 2.75) is 23.8 Å². The molecule has 0 saturated heterocycles. The van der Waals surface area contributed by atoms with Crippen molar-refractivity contribution in [1.82, 2.24) is 4.57 Å². The molecule has 0 fully saturated rings. The first-order chi connectivity index (χ1) is 8.88. The summed E-state index contributed by atoms with van der Waals surface area (Å²) in [5, 5.41) is 0. The summed E-state index contributed by atoms with van der Waals surface area (Å²) in [6, 6.07) is 13.1. The van der Waals surface area contributed by atoms with E-state index in [1.807, 2.05) is 11.8 Å². The molecule has 1 atom stereocenters. The predicted octanol–water partition coefficient (Wildman–Crippen LogP) is 2.88. The highest BCUT2D eigenvalue weighted by Crippen LogP contribution is 2.40. The van der Waals surface area contributed by atoms with Crippen LogP contribution in [0.15, 0.2) is 47.5 Å². The van der Waals surface area contributed by atoms with E-state index in [2.05, 4.69) is 47.2 Å². The molecule has 0 amide bonds. The average molecular weight is 258 g/mol. The van der Waals surface area contributed by atoms with Crippen LogP contribution < -0.4 is 5.73 Å². The highest BCUT2D eigenvalue weighted by Gasteiger charge is 2.23. The van der Waals surface area contributed by atoms with Crippen LogP contribution in [0.2, 0.25) is 0 Å². The average Bonchev–Trinajstić information content (AvgIpc) is 2.99. The van der Waals surface area contributed by atoms with Gasteiger partial charge in [-0.3, -0.25) is 0 Å². The molecule has 2 nitrogen and oxygen atoms in total. The van der Waals surface area contributed by atoms with Crippen molar-refractivity contribution < 1.29 is 0 Å². The zero-order valence-corrected chi connectivity index (χ0v) is 11.2. The standard InChI is InChI=1S/C15H18N2S/c16-8-7-13-4-3-9-17(13)10-12-11-18-15-6-2-1-5-14(12)15/h1-6,9,12H,7-8,10-11,16H2. The molecule has 2 aromatic rings. The number of fused-ring (bicyclic) bond motifs is 1. The Balaban J connectivity index is 1.80. The third-order valence-corrected chi connectivity index (χ3v) is 4.79. The summed E-state index contributed by atoms with van der Waals surface area (Å²) in [6.45, 7) is 1.80. The van der Waals surface area contributed by atoms with E-state index in [1.165, 1.54) is 21.9 Å². The second-order valence-electron chi connectivity index (χ2n) is 4.74. The van der Waals surface area contributed by atoms with Crippen molar-refractivity contribution in [3.63, 3.8) is 0 Å². The minimum absolute atomic E-state index is 0.634. The van der Waals surface area contributed by atoms with Crippen molar-refractivity contribution in [2.75, 3.05) is 12.3 Å². The van der Waals surface area contributed by atoms with Gasteiger partial charge in [-0.25, -0.2) is 0 Å². The van der Waals surface area contributed by atoms with Crippen LogP contribution in [-0.2, 0) is 13.0 Å². The molecule has 0 bridgehead atoms. The summed E-state index contributed by atoms with van der Waals surface area (Å²) in [7, 11) is 0. The maximum atomic E-state index is 5.66. The molecule has 2 heterocycles. The number of nitrogens with two attached hydrogens (primary N) is 1. The minimum atomic E-state index is 0.634. The number of rotatable bonds is 4. The molecule has 1 aliphatic heterocycles. The van der Waals surface area contributed by atoms with Crippen LogP contribution in [-0.4, -0.2) is 16.9 Å². The minimum Gasteiger partial charge on any atom is -0.351 e. The van der Waals surface area contributed by atoms with Crippen LogP contribution in [0.5, 0.6) is 0 Å². The third-order valence-electron chi connectivity index (χ3n) is 3.54. The van der Waals surface area contributed by atoms with Crippen molar-refractivity contribution >= 4 is 11.8 Å². The largest absolute Gasteiger partial charge is 0.351 e. The predicted molar refractivity (Wildman–Crippen MR) is 77.1 cm³/mol. The first-order valence-corrected chi connectivity index (χ1v) is 7.43. The van der Waals surface area contributed by atoms with Gasteiger partial charge in [0.25, 0.3) is 0 Å². The van der Waals surface area contributed by atoms with E-state index in [0.717, 1.165) is 19.5 Å². The molecular weight excluding hydrogens is 240 g/mol. The lowest BCUT2D eigenvalue weighted by molar-refractivity contribution is 0.585. The maximum absolute atomic E-state index is 5.66. The molecule has 1 aromatic heterocycles. The van der Waals surface area contributed by atoms with Crippen LogP contribution in [0.25, 0.3) is 0 Å². The monoisotopic (exact) mass is 258 g/mol. The second kappa shape index (κ2) is 5.21. The Morgan fingerprint density at radius 1 is 1.22 bits per heavy atom. The molecule has 1 unspecified atom stereocenters. The molecular formula is C15H18N2S. The summed E-state index contributed by atoms with van der Waals surface area (Å²) in [5.74, 6) is 1.83. The van der Waals surface area contributed by atoms with Gasteiger partial charge in [-0.1, -0.05) is 18.2 Å². The third kappa shape index (κ3) is 2.20. The second-order valence-corrected chi connectivity index (χ2v) is 5.80. The van der Waals surface area contributed by atoms with Crippen LogP contribution in [0.3, 0.4) is 0 Å². The smallest absolute Gasteiger partial charge is 0.0299 e. The topological polar surface area (TPSA) is 30.9 Å². The van der Waals surface area contributed by atoms with E-state index in [9.17, 15) is 0 Å². The molecule has 0 saturated carbocycles. The zero-order chi connectivity index (χ0) is 12.4. The first kappa shape index (κ1) is 11.9. The van der Waals surface area contributed by atoms with Crippen LogP contribution >= 0.6 is 11.8 Å². The van der Waals surface area contributed by atoms with E-state index in [-0.39, 0.29) is 0 Å². The fourth-order valence-corrected chi connectivity index (χ4v) is 3.86. The molecule has 94 valence electrons. The van der Waals surface area contributed by atoms with Gasteiger partial charge in [0.05, 0.1) is 0 Å². The van der Waals surface area contributed by atoms with Crippen LogP contribution in [0, 0.1) is 0 Å². The van der Waals surface area contributed by atoms with E-state index < -0.39 is 0 Å². The molecule has 0 aliphatic carbocycles. The Morgan fingerprint density at radius 2 is 2.11 bits per heavy atom. The zero-order valence-electron chi connectivity index (χ0n) is 10.4. The van der Waals surface area contributed by atoms with Gasteiger partial charge >= 0.3 is 0 Å². The van der Waals surface area contributed by atoms with E-state index in [0.29, 0.717) is 5.92 Å². The summed E-state index contributed by atoms with van der Waals surface area (Å²) in [6.07, 6.45) is 3.14. The number of benzene rings is 1. The molecule has 18 heavy (non-hydrogen) atoms. The number of nitrogens with zero attached hydrogens (tertiary/aromatic N) is 1. The lowest BCUT2D eigenvalue weighted by atomic mass is 10.0. The van der Waals surface area contributed by atoms with Gasteiger partial charge in [0, 0.05) is 35.0 Å². The Labute approximate surface area is 112 Å². The van der Waals surface area contributed by atoms with Gasteiger partial charge < -0.3 is 10.3 Å². The molecule has 1 aliphatic rings. The highest BCUT2D eigenvalue weighted by molar-refractivity contribution is 7.99. The Hall–Kier alpha value is -1.19. The number of hydrogen-bond donors (Lipinski definition) is 1. The van der Waals surface area contributed by atoms with Crippen molar-refractivity contribution in [1.29, 1.82) is 0 Å². The summed E-state index contributed by atoms with van der Waals surface area (Å²) >= 11 is 1.98. The van der Waals surface area contributed by atoms with E-state index >= 15 is 0 Å². The van der Waals surface area contributed by atoms with Crippen molar-refractivity contribution in [3.8, 4) is 0 Å². The van der Waals surface area contributed by atoms with Crippen LogP contribution in [0.4, 0.5) is 0 Å². The van der Waals surface area contributed by atoms with Crippen molar-refractivity contribution in [3.05, 3.63) is 53.9 Å². The van der Waals surface area contributed by atoms with Gasteiger partial charge in [-0.15, -0.1) is 11.8 Å². The molecule has 0 radical (unpaired) electrons. The number of aromatic nitrogens is 1. The lowest BCUT2D eigenvalue weighted by Gasteiger charge is -2.14. The normalized spacial score (nSPS) is 17.9. The Bertz CT molecular complexity index is 533. The van der Waals surface area contributed by atoms with E-state index in [1.54, 1.807) is 0 Å². The van der Waals surface area contributed by atoms with Crippen molar-refractivity contribution in [2.24, 2.45) is 5.73 Å². The first-order valence-electron chi connectivity index (χ1n) is 6.44. The summed E-state index contributed by atoms with van der Waals surface area (Å²) in [4.78, 5) is 1.45. The quantitative estimate of drug-likeness (QED) is 0.914. The summed E-state index contributed by atoms with van der Waals surface area (Å²) < 4.78 is 2.36. The molecule has 0 spiro atoms. The van der Waals surface area contributed by atoms with Gasteiger partial charge in [-0.2, -0.15) is 0 Å². The highest BCUT2D eigenvalue weighted by atomic mass is 32.2. The van der Waals surface area contributed by atoms with Gasteiger partial charge in [0.15, 0.2) is 0 Å². The van der Waals surface area contributed by atoms with Gasteiger partial charge in [0.1, 0.15) is 0 Å². The lowest BCUT2D eigenvalue weighted by Crippen LogP contribution is -2.13. The fourth-order valence-electron chi connectivity index (χ4n) is 2.62. The number of thioether (sulfide) groups is 1. The van der Waals surface area contributed by atoms with Gasteiger partial charge in [-0.05, 0) is 36.7 Å². The van der Waals surface area contributed by atoms with Crippen LogP contribution in [0.1, 0.15) is 17.2 Å². The molecule has 2 N–H and O–H groups in total.